The summed E-state index contributed by atoms with van der Waals surface area (Å²) in [5, 5.41) is 4.02. The zero-order chi connectivity index (χ0) is 18.2. The number of nitrogens with zero attached hydrogens (tertiary/aromatic N) is 1. The van der Waals surface area contributed by atoms with Gasteiger partial charge in [-0.1, -0.05) is 29.1 Å². The molecule has 1 aromatic carbocycles. The van der Waals surface area contributed by atoms with Gasteiger partial charge in [-0.15, -0.1) is 0 Å². The Hall–Kier alpha value is -2.03. The minimum Gasteiger partial charge on any atom is -0.399 e. The summed E-state index contributed by atoms with van der Waals surface area (Å²) in [7, 11) is -0.373. The van der Waals surface area contributed by atoms with Crippen LogP contribution in [0.15, 0.2) is 34.9 Å². The van der Waals surface area contributed by atoms with Crippen LogP contribution in [0.2, 0.25) is 0 Å². The van der Waals surface area contributed by atoms with Crippen LogP contribution in [0.25, 0.3) is 0 Å². The van der Waals surface area contributed by atoms with Crippen molar-refractivity contribution in [1.29, 1.82) is 0 Å². The fourth-order valence-corrected chi connectivity index (χ4v) is 2.60. The molecule has 0 radical (unpaired) electrons. The van der Waals surface area contributed by atoms with E-state index in [-0.39, 0.29) is 24.2 Å². The maximum absolute atomic E-state index is 6.11. The maximum Gasteiger partial charge on any atom is 0.494 e. The third-order valence-corrected chi connectivity index (χ3v) is 4.93. The van der Waals surface area contributed by atoms with Crippen LogP contribution in [0, 0.1) is 18.8 Å². The van der Waals surface area contributed by atoms with Crippen LogP contribution in [-0.4, -0.2) is 23.5 Å². The van der Waals surface area contributed by atoms with E-state index in [0.717, 1.165) is 22.5 Å². The van der Waals surface area contributed by atoms with Crippen LogP contribution in [-0.2, 0) is 9.31 Å². The molecule has 1 aliphatic rings. The predicted molar refractivity (Wildman–Crippen MR) is 98.7 cm³/mol. The zero-order valence-electron chi connectivity index (χ0n) is 15.7. The molecule has 1 aliphatic heterocycles. The molecule has 0 N–H and O–H groups in total. The lowest BCUT2D eigenvalue weighted by molar-refractivity contribution is 0.00578. The van der Waals surface area contributed by atoms with E-state index >= 15 is 0 Å². The molecule has 0 saturated carbocycles. The van der Waals surface area contributed by atoms with Gasteiger partial charge in [0.2, 0.25) is 0 Å². The molecule has 0 spiro atoms. The Balaban J connectivity index is 1.78. The minimum atomic E-state index is -0.373. The molecule has 2 aromatic rings. The highest BCUT2D eigenvalue weighted by atomic mass is 16.7. The molecule has 3 rings (SSSR count). The van der Waals surface area contributed by atoms with Crippen LogP contribution in [0.4, 0.5) is 0 Å². The van der Waals surface area contributed by atoms with Gasteiger partial charge in [-0.05, 0) is 59.1 Å². The van der Waals surface area contributed by atoms with Gasteiger partial charge >= 0.3 is 7.12 Å². The number of aromatic nitrogens is 1. The first-order chi connectivity index (χ1) is 11.7. The molecule has 25 heavy (non-hydrogen) atoms. The Morgan fingerprint density at radius 1 is 1.08 bits per heavy atom. The lowest BCUT2D eigenvalue weighted by Crippen LogP contribution is -2.41. The molecule has 130 valence electrons. The van der Waals surface area contributed by atoms with Crippen LogP contribution < -0.4 is 5.46 Å². The molecule has 1 fully saturated rings. The van der Waals surface area contributed by atoms with E-state index in [4.69, 9.17) is 13.8 Å². The Morgan fingerprint density at radius 2 is 1.76 bits per heavy atom. The van der Waals surface area contributed by atoms with Crippen molar-refractivity contribution in [3.05, 3.63) is 47.3 Å². The Kier molecular flexibility index (Phi) is 4.53. The van der Waals surface area contributed by atoms with Crippen molar-refractivity contribution < 1.29 is 13.8 Å². The second kappa shape index (κ2) is 6.36. The number of hydrogen-bond acceptors (Lipinski definition) is 4. The van der Waals surface area contributed by atoms with Gasteiger partial charge in [0, 0.05) is 11.6 Å². The fourth-order valence-electron chi connectivity index (χ4n) is 2.60. The number of hydrogen-bond donors (Lipinski definition) is 0. The summed E-state index contributed by atoms with van der Waals surface area (Å²) in [6.45, 7) is 12.1. The SMILES string of the molecule is Cc1cc(C(C)C#Cc2cccc(B3OC(C)(C)C(C)(C)O3)c2)no1. The molecule has 0 amide bonds. The third kappa shape index (κ3) is 3.66. The highest BCUT2D eigenvalue weighted by Crippen LogP contribution is 2.36. The van der Waals surface area contributed by atoms with E-state index in [0.29, 0.717) is 0 Å². The van der Waals surface area contributed by atoms with Crippen molar-refractivity contribution in [2.24, 2.45) is 0 Å². The molecule has 1 aromatic heterocycles. The molecule has 1 unspecified atom stereocenters. The van der Waals surface area contributed by atoms with E-state index < -0.39 is 0 Å². The first kappa shape index (κ1) is 17.8. The first-order valence-corrected chi connectivity index (χ1v) is 8.58. The molecule has 1 atom stereocenters. The van der Waals surface area contributed by atoms with Crippen LogP contribution in [0.5, 0.6) is 0 Å². The van der Waals surface area contributed by atoms with Gasteiger partial charge in [0.15, 0.2) is 0 Å². The second-order valence-corrected chi connectivity index (χ2v) is 7.57. The molecule has 0 bridgehead atoms. The highest BCUT2D eigenvalue weighted by molar-refractivity contribution is 6.62. The molecule has 2 heterocycles. The molecule has 1 saturated heterocycles. The molecule has 5 heteroatoms. The van der Waals surface area contributed by atoms with Crippen molar-refractivity contribution >= 4 is 12.6 Å². The predicted octanol–water partition coefficient (Wildman–Crippen LogP) is 3.44. The van der Waals surface area contributed by atoms with Crippen molar-refractivity contribution in [2.45, 2.75) is 58.7 Å². The van der Waals surface area contributed by atoms with E-state index in [1.165, 1.54) is 0 Å². The number of rotatable bonds is 2. The van der Waals surface area contributed by atoms with Crippen LogP contribution in [0.3, 0.4) is 0 Å². The average Bonchev–Trinajstić information content (AvgIpc) is 3.06. The van der Waals surface area contributed by atoms with E-state index in [1.54, 1.807) is 0 Å². The van der Waals surface area contributed by atoms with Crippen molar-refractivity contribution in [2.75, 3.05) is 0 Å². The summed E-state index contributed by atoms with van der Waals surface area (Å²) in [6, 6.07) is 9.92. The normalized spacial score (nSPS) is 19.4. The largest absolute Gasteiger partial charge is 0.494 e. The zero-order valence-corrected chi connectivity index (χ0v) is 15.7. The third-order valence-electron chi connectivity index (χ3n) is 4.93. The van der Waals surface area contributed by atoms with Gasteiger partial charge < -0.3 is 13.8 Å². The smallest absolute Gasteiger partial charge is 0.399 e. The summed E-state index contributed by atoms with van der Waals surface area (Å²) >= 11 is 0. The fraction of sp³-hybridized carbons (Fsp3) is 0.450. The maximum atomic E-state index is 6.11. The van der Waals surface area contributed by atoms with E-state index in [2.05, 4.69) is 44.7 Å². The standard InChI is InChI=1S/C20H24BNO3/c1-14(18-12-15(2)23-22-18)10-11-16-8-7-9-17(13-16)21-24-19(3,4)20(5,6)25-21/h7-9,12-14H,1-6H3. The van der Waals surface area contributed by atoms with Crippen LogP contribution in [0.1, 0.15) is 57.6 Å². The van der Waals surface area contributed by atoms with Crippen molar-refractivity contribution in [1.82, 2.24) is 5.16 Å². The van der Waals surface area contributed by atoms with Gasteiger partial charge in [-0.2, -0.15) is 0 Å². The summed E-state index contributed by atoms with van der Waals surface area (Å²) < 4.78 is 17.3. The Labute approximate surface area is 150 Å². The average molecular weight is 337 g/mol. The summed E-state index contributed by atoms with van der Waals surface area (Å²) in [5.41, 5.74) is 2.07. The van der Waals surface area contributed by atoms with E-state index in [1.807, 2.05) is 44.2 Å². The second-order valence-electron chi connectivity index (χ2n) is 7.57. The van der Waals surface area contributed by atoms with Crippen LogP contribution >= 0.6 is 0 Å². The van der Waals surface area contributed by atoms with Crippen molar-refractivity contribution in [3.63, 3.8) is 0 Å². The van der Waals surface area contributed by atoms with Gasteiger partial charge in [0.25, 0.3) is 0 Å². The minimum absolute atomic E-state index is 0.0120. The quantitative estimate of drug-likeness (QED) is 0.622. The molecule has 4 nitrogen and oxygen atoms in total. The molecular formula is C20H24BNO3. The highest BCUT2D eigenvalue weighted by Gasteiger charge is 2.51. The summed E-state index contributed by atoms with van der Waals surface area (Å²) in [5.74, 6) is 7.25. The van der Waals surface area contributed by atoms with Crippen molar-refractivity contribution in [3.8, 4) is 11.8 Å². The Morgan fingerprint density at radius 3 is 2.36 bits per heavy atom. The van der Waals surface area contributed by atoms with Gasteiger partial charge in [-0.3, -0.25) is 0 Å². The monoisotopic (exact) mass is 337 g/mol. The summed E-state index contributed by atoms with van der Waals surface area (Å²) in [6.07, 6.45) is 0. The van der Waals surface area contributed by atoms with Gasteiger partial charge in [-0.25, -0.2) is 0 Å². The Bertz CT molecular complexity index is 813. The lowest BCUT2D eigenvalue weighted by Gasteiger charge is -2.32. The lowest BCUT2D eigenvalue weighted by atomic mass is 9.78. The number of benzene rings is 1. The van der Waals surface area contributed by atoms with Gasteiger partial charge in [0.1, 0.15) is 5.76 Å². The number of aryl methyl sites for hydroxylation is 1. The molecule has 0 aliphatic carbocycles. The summed E-state index contributed by atoms with van der Waals surface area (Å²) in [4.78, 5) is 0. The topological polar surface area (TPSA) is 44.5 Å². The first-order valence-electron chi connectivity index (χ1n) is 8.58. The van der Waals surface area contributed by atoms with E-state index in [9.17, 15) is 0 Å². The van der Waals surface area contributed by atoms with Gasteiger partial charge in [0.05, 0.1) is 22.8 Å². The molecular weight excluding hydrogens is 313 g/mol.